The summed E-state index contributed by atoms with van der Waals surface area (Å²) in [5.74, 6) is 0. The van der Waals surface area contributed by atoms with Crippen molar-refractivity contribution in [3.63, 3.8) is 0 Å². The molecular formula is C26H30S. The van der Waals surface area contributed by atoms with Crippen LogP contribution >= 0.6 is 10.0 Å². The minimum absolute atomic E-state index is 1.18. The molecule has 1 rings (SSSR count). The van der Waals surface area contributed by atoms with Gasteiger partial charge in [-0.3, -0.25) is 0 Å². The maximum absolute atomic E-state index is 4.12. The van der Waals surface area contributed by atoms with E-state index in [-0.39, 0.29) is 0 Å². The number of rotatable bonds is 10. The van der Waals surface area contributed by atoms with Gasteiger partial charge in [0.1, 0.15) is 0 Å². The molecule has 0 aliphatic carbocycles. The van der Waals surface area contributed by atoms with Gasteiger partial charge in [0.05, 0.1) is 0 Å². The lowest BCUT2D eigenvalue weighted by atomic mass is 10.4. The van der Waals surface area contributed by atoms with Crippen LogP contribution in [0.25, 0.3) is 0 Å². The molecule has 1 heteroatoms. The van der Waals surface area contributed by atoms with Gasteiger partial charge in [-0.25, -0.2) is 0 Å². The minimum atomic E-state index is -1.68. The van der Waals surface area contributed by atoms with Crippen LogP contribution in [0.5, 0.6) is 0 Å². The Morgan fingerprint density at radius 1 is 0.815 bits per heavy atom. The van der Waals surface area contributed by atoms with E-state index in [0.717, 1.165) is 0 Å². The van der Waals surface area contributed by atoms with Crippen LogP contribution in [0.4, 0.5) is 0 Å². The smallest absolute Gasteiger partial charge is 0.00198 e. The van der Waals surface area contributed by atoms with Gasteiger partial charge in [-0.15, -0.1) is 10.0 Å². The van der Waals surface area contributed by atoms with Gasteiger partial charge in [-0.05, 0) is 47.9 Å². The van der Waals surface area contributed by atoms with Crippen LogP contribution in [0.15, 0.2) is 143 Å². The maximum atomic E-state index is 4.12. The minimum Gasteiger partial charge on any atom is -0.137 e. The fourth-order valence-corrected chi connectivity index (χ4v) is 6.89. The molecule has 1 aromatic carbocycles. The van der Waals surface area contributed by atoms with Gasteiger partial charge in [-0.2, -0.15) is 0 Å². The zero-order valence-corrected chi connectivity index (χ0v) is 17.3. The molecule has 1 aromatic rings. The Labute approximate surface area is 167 Å². The van der Waals surface area contributed by atoms with Crippen molar-refractivity contribution in [1.29, 1.82) is 0 Å². The summed E-state index contributed by atoms with van der Waals surface area (Å²) in [5.41, 5.74) is 0. The predicted octanol–water partition coefficient (Wildman–Crippen LogP) is 8.40. The molecule has 0 nitrogen and oxygen atoms in total. The monoisotopic (exact) mass is 374 g/mol. The van der Waals surface area contributed by atoms with Gasteiger partial charge in [0.15, 0.2) is 0 Å². The molecule has 1 unspecified atom stereocenters. The second-order valence-electron chi connectivity index (χ2n) is 5.62. The molecule has 140 valence electrons. The first-order valence-corrected chi connectivity index (χ1v) is 10.5. The topological polar surface area (TPSA) is 0 Å². The van der Waals surface area contributed by atoms with E-state index >= 15 is 0 Å². The molecule has 0 heterocycles. The van der Waals surface area contributed by atoms with Crippen molar-refractivity contribution in [3.05, 3.63) is 138 Å². The van der Waals surface area contributed by atoms with Crippen molar-refractivity contribution in [3.8, 4) is 0 Å². The quantitative estimate of drug-likeness (QED) is 0.361. The zero-order valence-electron chi connectivity index (χ0n) is 16.5. The van der Waals surface area contributed by atoms with Gasteiger partial charge in [0.25, 0.3) is 0 Å². The highest BCUT2D eigenvalue weighted by Gasteiger charge is 2.33. The van der Waals surface area contributed by atoms with Crippen molar-refractivity contribution in [2.75, 3.05) is 0 Å². The van der Waals surface area contributed by atoms with Gasteiger partial charge in [-0.1, -0.05) is 99.2 Å². The Hall–Kier alpha value is -2.77. The number of allylic oxidation sites excluding steroid dienone is 12. The lowest BCUT2D eigenvalue weighted by molar-refractivity contribution is 1.42. The highest BCUT2D eigenvalue weighted by Crippen LogP contribution is 2.73. The van der Waals surface area contributed by atoms with Crippen molar-refractivity contribution in [1.82, 2.24) is 0 Å². The zero-order chi connectivity index (χ0) is 20.1. The van der Waals surface area contributed by atoms with E-state index < -0.39 is 10.0 Å². The summed E-state index contributed by atoms with van der Waals surface area (Å²) in [7, 11) is -1.68. The first kappa shape index (κ1) is 22.3. The van der Waals surface area contributed by atoms with Gasteiger partial charge in [0, 0.05) is 9.80 Å². The Kier molecular flexibility index (Phi) is 9.71. The molecule has 0 saturated heterocycles. The second-order valence-corrected chi connectivity index (χ2v) is 8.90. The molecule has 0 aliphatic rings. The third-order valence-corrected chi connectivity index (χ3v) is 8.20. The molecule has 0 aliphatic heterocycles. The molecule has 0 saturated carbocycles. The molecule has 0 amide bonds. The SMILES string of the molecule is C=C/C=C\C=C(/C)S(/C(C=C)=C/C)(C(/C=C\C=C)=C/C=C)c1ccccc1. The van der Waals surface area contributed by atoms with Crippen LogP contribution in [-0.2, 0) is 0 Å². The van der Waals surface area contributed by atoms with Crippen LogP contribution in [0.2, 0.25) is 0 Å². The summed E-state index contributed by atoms with van der Waals surface area (Å²) < 4.78 is 0. The number of hydrogen-bond acceptors (Lipinski definition) is 0. The fourth-order valence-electron chi connectivity index (χ4n) is 2.92. The van der Waals surface area contributed by atoms with Crippen molar-refractivity contribution < 1.29 is 0 Å². The van der Waals surface area contributed by atoms with Gasteiger partial charge >= 0.3 is 0 Å². The maximum Gasteiger partial charge on any atom is 0.00198 e. The molecule has 0 fully saturated rings. The molecule has 0 spiro atoms. The van der Waals surface area contributed by atoms with E-state index in [1.165, 1.54) is 19.6 Å². The second kappa shape index (κ2) is 11.8. The third kappa shape index (κ3) is 5.12. The van der Waals surface area contributed by atoms with Crippen LogP contribution in [0.3, 0.4) is 0 Å². The standard InChI is InChI=1S/C26H30S/c1-7-12-15-19-23(6)27(24(10-4)11-5,26-21-16-14-17-22-26)25(18-9-3)20-13-8-2/h7-22H,1-4H2,5-6H3/b15-12-,20-13-,23-19+,24-11+,25-18+. The van der Waals surface area contributed by atoms with E-state index in [1.807, 2.05) is 36.4 Å². The average Bonchev–Trinajstić information content (AvgIpc) is 2.70. The highest BCUT2D eigenvalue weighted by molar-refractivity contribution is 8.43. The van der Waals surface area contributed by atoms with Gasteiger partial charge in [0.2, 0.25) is 0 Å². The molecule has 0 bridgehead atoms. The Morgan fingerprint density at radius 3 is 2.00 bits per heavy atom. The van der Waals surface area contributed by atoms with E-state index in [2.05, 4.69) is 88.7 Å². The van der Waals surface area contributed by atoms with Crippen molar-refractivity contribution >= 4 is 10.0 Å². The van der Waals surface area contributed by atoms with E-state index in [4.69, 9.17) is 0 Å². The Balaban J connectivity index is 4.05. The Morgan fingerprint density at radius 2 is 1.48 bits per heavy atom. The molecular weight excluding hydrogens is 344 g/mol. The van der Waals surface area contributed by atoms with Crippen LogP contribution in [0.1, 0.15) is 13.8 Å². The molecule has 27 heavy (non-hydrogen) atoms. The summed E-state index contributed by atoms with van der Waals surface area (Å²) in [6.45, 7) is 19.9. The van der Waals surface area contributed by atoms with E-state index in [9.17, 15) is 0 Å². The van der Waals surface area contributed by atoms with Gasteiger partial charge < -0.3 is 0 Å². The first-order chi connectivity index (χ1) is 13.1. The largest absolute Gasteiger partial charge is 0.137 e. The summed E-state index contributed by atoms with van der Waals surface area (Å²) in [4.78, 5) is 4.87. The predicted molar refractivity (Wildman–Crippen MR) is 127 cm³/mol. The number of benzene rings is 1. The van der Waals surface area contributed by atoms with E-state index in [1.54, 1.807) is 12.2 Å². The summed E-state index contributed by atoms with van der Waals surface area (Å²) >= 11 is 0. The first-order valence-electron chi connectivity index (χ1n) is 8.88. The third-order valence-electron chi connectivity index (χ3n) is 4.03. The lowest BCUT2D eigenvalue weighted by Crippen LogP contribution is -2.07. The normalized spacial score (nSPS) is 16.7. The molecule has 0 N–H and O–H groups in total. The lowest BCUT2D eigenvalue weighted by Gasteiger charge is -2.44. The average molecular weight is 375 g/mol. The summed E-state index contributed by atoms with van der Waals surface area (Å²) in [6, 6.07) is 10.6. The van der Waals surface area contributed by atoms with Crippen molar-refractivity contribution in [2.45, 2.75) is 18.7 Å². The summed E-state index contributed by atoms with van der Waals surface area (Å²) in [5, 5.41) is 0. The highest BCUT2D eigenvalue weighted by atomic mass is 32.3. The molecule has 0 radical (unpaired) electrons. The Bertz CT molecular complexity index is 813. The molecule has 0 aromatic heterocycles. The van der Waals surface area contributed by atoms with Crippen LogP contribution in [-0.4, -0.2) is 0 Å². The summed E-state index contributed by atoms with van der Waals surface area (Å²) in [6.07, 6.45) is 21.9. The number of hydrogen-bond donors (Lipinski definition) is 0. The van der Waals surface area contributed by atoms with E-state index in [0.29, 0.717) is 0 Å². The fraction of sp³-hybridized carbons (Fsp3) is 0.0769. The molecule has 1 atom stereocenters. The van der Waals surface area contributed by atoms with Crippen LogP contribution < -0.4 is 0 Å². The van der Waals surface area contributed by atoms with Crippen molar-refractivity contribution in [2.24, 2.45) is 0 Å². The van der Waals surface area contributed by atoms with Crippen LogP contribution in [0, 0.1) is 0 Å².